The van der Waals surface area contributed by atoms with Crippen molar-refractivity contribution in [2.45, 2.75) is 17.1 Å². The molecule has 1 atom stereocenters. The molecule has 0 aliphatic rings. The third-order valence-electron chi connectivity index (χ3n) is 4.50. The average molecular weight is 447 g/mol. The molecule has 162 valence electrons. The SMILES string of the molecule is Cc1ccccc1NC(=O)C(Sc1ccc(NC(=O)/C=C/C(=O)O)cc1)c1ccccc1. The summed E-state index contributed by atoms with van der Waals surface area (Å²) in [5, 5.41) is 13.7. The predicted octanol–water partition coefficient (Wildman–Crippen LogP) is 5.05. The summed E-state index contributed by atoms with van der Waals surface area (Å²) in [4.78, 5) is 36.3. The average Bonchev–Trinajstić information content (AvgIpc) is 2.79. The van der Waals surface area contributed by atoms with E-state index < -0.39 is 17.1 Å². The molecule has 32 heavy (non-hydrogen) atoms. The van der Waals surface area contributed by atoms with Gasteiger partial charge in [-0.05, 0) is 48.4 Å². The number of hydrogen-bond donors (Lipinski definition) is 3. The van der Waals surface area contributed by atoms with Crippen LogP contribution in [-0.2, 0) is 14.4 Å². The summed E-state index contributed by atoms with van der Waals surface area (Å²) in [5.41, 5.74) is 3.15. The Morgan fingerprint density at radius 2 is 1.50 bits per heavy atom. The first-order valence-electron chi connectivity index (χ1n) is 9.82. The molecular weight excluding hydrogens is 424 g/mol. The van der Waals surface area contributed by atoms with Gasteiger partial charge in [-0.1, -0.05) is 48.5 Å². The quantitative estimate of drug-likeness (QED) is 0.333. The Morgan fingerprint density at radius 3 is 2.16 bits per heavy atom. The minimum absolute atomic E-state index is 0.133. The molecule has 0 aromatic heterocycles. The first-order valence-corrected chi connectivity index (χ1v) is 10.7. The maximum atomic E-state index is 13.2. The second-order valence-corrected chi connectivity index (χ2v) is 8.08. The largest absolute Gasteiger partial charge is 0.478 e. The van der Waals surface area contributed by atoms with Crippen molar-refractivity contribution in [3.05, 3.63) is 102 Å². The molecule has 0 heterocycles. The number of benzene rings is 3. The highest BCUT2D eigenvalue weighted by atomic mass is 32.2. The second-order valence-electron chi connectivity index (χ2n) is 6.90. The molecule has 1 unspecified atom stereocenters. The van der Waals surface area contributed by atoms with Gasteiger partial charge in [-0.25, -0.2) is 4.79 Å². The number of rotatable bonds is 8. The van der Waals surface area contributed by atoms with Gasteiger partial charge in [-0.15, -0.1) is 11.8 Å². The monoisotopic (exact) mass is 446 g/mol. The fraction of sp³-hybridized carbons (Fsp3) is 0.0800. The second kappa shape index (κ2) is 11.0. The van der Waals surface area contributed by atoms with Crippen LogP contribution in [0, 0.1) is 6.92 Å². The molecule has 0 saturated carbocycles. The van der Waals surface area contributed by atoms with Gasteiger partial charge in [0.05, 0.1) is 0 Å². The number of nitrogens with one attached hydrogen (secondary N) is 2. The van der Waals surface area contributed by atoms with Gasteiger partial charge in [-0.2, -0.15) is 0 Å². The molecule has 0 bridgehead atoms. The van der Waals surface area contributed by atoms with Crippen LogP contribution in [0.5, 0.6) is 0 Å². The van der Waals surface area contributed by atoms with Crippen LogP contribution in [0.15, 0.2) is 95.9 Å². The summed E-state index contributed by atoms with van der Waals surface area (Å²) in [6.07, 6.45) is 1.73. The molecule has 6 nitrogen and oxygen atoms in total. The lowest BCUT2D eigenvalue weighted by Crippen LogP contribution is -2.19. The number of anilines is 2. The van der Waals surface area contributed by atoms with E-state index in [-0.39, 0.29) is 5.91 Å². The van der Waals surface area contributed by atoms with Crippen LogP contribution in [0.2, 0.25) is 0 Å². The fourth-order valence-corrected chi connectivity index (χ4v) is 3.92. The van der Waals surface area contributed by atoms with Crippen molar-refractivity contribution < 1.29 is 19.5 Å². The fourth-order valence-electron chi connectivity index (χ4n) is 2.90. The molecule has 0 aliphatic carbocycles. The summed E-state index contributed by atoms with van der Waals surface area (Å²) < 4.78 is 0. The third-order valence-corrected chi connectivity index (χ3v) is 5.76. The van der Waals surface area contributed by atoms with Gasteiger partial charge in [0.15, 0.2) is 0 Å². The van der Waals surface area contributed by atoms with Gasteiger partial charge in [0.1, 0.15) is 5.25 Å². The van der Waals surface area contributed by atoms with E-state index in [0.29, 0.717) is 5.69 Å². The number of aliphatic carboxylic acids is 1. The van der Waals surface area contributed by atoms with Crippen LogP contribution >= 0.6 is 11.8 Å². The number of thioether (sulfide) groups is 1. The van der Waals surface area contributed by atoms with Crippen molar-refractivity contribution in [1.82, 2.24) is 0 Å². The molecule has 3 aromatic rings. The number of carbonyl (C=O) groups excluding carboxylic acids is 2. The number of carboxylic acid groups (broad SMARTS) is 1. The Hall–Kier alpha value is -3.84. The van der Waals surface area contributed by atoms with Crippen LogP contribution in [0.25, 0.3) is 0 Å². The molecule has 0 aliphatic heterocycles. The number of para-hydroxylation sites is 1. The summed E-state index contributed by atoms with van der Waals surface area (Å²) in [6.45, 7) is 1.94. The van der Waals surface area contributed by atoms with Crippen molar-refractivity contribution in [3.8, 4) is 0 Å². The van der Waals surface area contributed by atoms with Crippen LogP contribution in [0.1, 0.15) is 16.4 Å². The summed E-state index contributed by atoms with van der Waals surface area (Å²) in [6, 6.07) is 24.2. The highest BCUT2D eigenvalue weighted by Crippen LogP contribution is 2.37. The lowest BCUT2D eigenvalue weighted by Gasteiger charge is -2.18. The Kier molecular flexibility index (Phi) is 7.83. The summed E-state index contributed by atoms with van der Waals surface area (Å²) in [5.74, 6) is -1.86. The zero-order valence-electron chi connectivity index (χ0n) is 17.3. The molecule has 0 fully saturated rings. The van der Waals surface area contributed by atoms with Crippen LogP contribution in [0.4, 0.5) is 11.4 Å². The Labute approximate surface area is 190 Å². The van der Waals surface area contributed by atoms with E-state index in [4.69, 9.17) is 5.11 Å². The first-order chi connectivity index (χ1) is 15.4. The van der Waals surface area contributed by atoms with Crippen molar-refractivity contribution >= 4 is 40.9 Å². The molecule has 0 saturated heterocycles. The van der Waals surface area contributed by atoms with Gasteiger partial charge in [0.2, 0.25) is 11.8 Å². The molecule has 3 rings (SSSR count). The van der Waals surface area contributed by atoms with Crippen molar-refractivity contribution in [1.29, 1.82) is 0 Å². The number of aryl methyl sites for hydroxylation is 1. The minimum atomic E-state index is -1.19. The zero-order chi connectivity index (χ0) is 22.9. The topological polar surface area (TPSA) is 95.5 Å². The maximum Gasteiger partial charge on any atom is 0.328 e. The Balaban J connectivity index is 1.75. The van der Waals surface area contributed by atoms with Gasteiger partial charge in [0.25, 0.3) is 0 Å². The predicted molar refractivity (Wildman–Crippen MR) is 127 cm³/mol. The van der Waals surface area contributed by atoms with Crippen molar-refractivity contribution in [2.24, 2.45) is 0 Å². The summed E-state index contributed by atoms with van der Waals surface area (Å²) >= 11 is 1.40. The molecule has 3 aromatic carbocycles. The molecule has 7 heteroatoms. The maximum absolute atomic E-state index is 13.2. The van der Waals surface area contributed by atoms with E-state index >= 15 is 0 Å². The Bertz CT molecular complexity index is 1130. The number of carboxylic acids is 1. The lowest BCUT2D eigenvalue weighted by molar-refractivity contribution is -0.131. The molecule has 0 radical (unpaired) electrons. The molecule has 0 spiro atoms. The third kappa shape index (κ3) is 6.58. The molecule has 3 N–H and O–H groups in total. The molecular formula is C25H22N2O4S. The van der Waals surface area contributed by atoms with Gasteiger partial charge in [-0.3, -0.25) is 9.59 Å². The first kappa shape index (κ1) is 22.8. The van der Waals surface area contributed by atoms with Crippen molar-refractivity contribution in [3.63, 3.8) is 0 Å². The highest BCUT2D eigenvalue weighted by Gasteiger charge is 2.22. The van der Waals surface area contributed by atoms with E-state index in [2.05, 4.69) is 10.6 Å². The standard InChI is InChI=1S/C25H22N2O4S/c1-17-7-5-6-10-21(17)27-25(31)24(18-8-3-2-4-9-18)32-20-13-11-19(12-14-20)26-22(28)15-16-23(29)30/h2-16,24H,1H3,(H,26,28)(H,27,31)(H,29,30)/b16-15+. The van der Waals surface area contributed by atoms with E-state index in [0.717, 1.165) is 33.9 Å². The highest BCUT2D eigenvalue weighted by molar-refractivity contribution is 8.00. The van der Waals surface area contributed by atoms with Gasteiger partial charge < -0.3 is 15.7 Å². The number of amides is 2. The van der Waals surface area contributed by atoms with E-state index in [9.17, 15) is 14.4 Å². The normalized spacial score (nSPS) is 11.7. The molecule has 2 amide bonds. The minimum Gasteiger partial charge on any atom is -0.478 e. The van der Waals surface area contributed by atoms with Gasteiger partial charge >= 0.3 is 5.97 Å². The zero-order valence-corrected chi connectivity index (χ0v) is 18.1. The van der Waals surface area contributed by atoms with E-state index in [1.165, 1.54) is 11.8 Å². The van der Waals surface area contributed by atoms with E-state index in [1.807, 2.05) is 61.5 Å². The van der Waals surface area contributed by atoms with E-state index in [1.54, 1.807) is 24.3 Å². The Morgan fingerprint density at radius 1 is 0.844 bits per heavy atom. The lowest BCUT2D eigenvalue weighted by atomic mass is 10.1. The van der Waals surface area contributed by atoms with Crippen LogP contribution in [-0.4, -0.2) is 22.9 Å². The van der Waals surface area contributed by atoms with Crippen LogP contribution < -0.4 is 10.6 Å². The number of carbonyl (C=O) groups is 3. The number of hydrogen-bond acceptors (Lipinski definition) is 4. The van der Waals surface area contributed by atoms with Gasteiger partial charge in [0, 0.05) is 28.4 Å². The van der Waals surface area contributed by atoms with Crippen LogP contribution in [0.3, 0.4) is 0 Å². The van der Waals surface area contributed by atoms with Crippen molar-refractivity contribution in [2.75, 3.05) is 10.6 Å². The summed E-state index contributed by atoms with van der Waals surface area (Å²) in [7, 11) is 0. The smallest absolute Gasteiger partial charge is 0.328 e.